The topological polar surface area (TPSA) is 46.3 Å². The first kappa shape index (κ1) is 15.7. The number of hydrogen-bond donors (Lipinski definition) is 1. The first-order valence-electron chi connectivity index (χ1n) is 7.07. The maximum Gasteiger partial charge on any atom is 0.222 e. The Balaban J connectivity index is 2.41. The summed E-state index contributed by atoms with van der Waals surface area (Å²) < 4.78 is 0. The highest BCUT2D eigenvalue weighted by Crippen LogP contribution is 2.15. The van der Waals surface area contributed by atoms with Gasteiger partial charge in [-0.3, -0.25) is 4.79 Å². The second-order valence-electron chi connectivity index (χ2n) is 5.35. The zero-order chi connectivity index (χ0) is 14.3. The number of carbonyl (C=O) groups excluding carboxylic acids is 1. The molecule has 1 aromatic carbocycles. The smallest absolute Gasteiger partial charge is 0.222 e. The number of rotatable bonds is 7. The van der Waals surface area contributed by atoms with Crippen molar-refractivity contribution in [2.24, 2.45) is 5.73 Å². The van der Waals surface area contributed by atoms with E-state index >= 15 is 0 Å². The number of hydrogen-bond acceptors (Lipinski definition) is 2. The van der Waals surface area contributed by atoms with Crippen LogP contribution < -0.4 is 5.73 Å². The molecular weight excluding hydrogens is 236 g/mol. The minimum atomic E-state index is 0.184. The quantitative estimate of drug-likeness (QED) is 0.821. The van der Waals surface area contributed by atoms with Crippen LogP contribution in [0.5, 0.6) is 0 Å². The van der Waals surface area contributed by atoms with Crippen molar-refractivity contribution >= 4 is 5.91 Å². The van der Waals surface area contributed by atoms with E-state index in [1.165, 1.54) is 11.1 Å². The standard InChI is InChI=1S/C16H26N2O/c1-13(2)15-8-6-14(7-9-15)10-12-18(3)16(19)5-4-11-17/h6-9,13H,4-5,10-12,17H2,1-3H3. The van der Waals surface area contributed by atoms with Gasteiger partial charge in [0.1, 0.15) is 0 Å². The molecule has 0 aromatic heterocycles. The van der Waals surface area contributed by atoms with Gasteiger partial charge < -0.3 is 10.6 Å². The number of amides is 1. The van der Waals surface area contributed by atoms with Gasteiger partial charge in [-0.1, -0.05) is 38.1 Å². The van der Waals surface area contributed by atoms with Gasteiger partial charge in [0.15, 0.2) is 0 Å². The van der Waals surface area contributed by atoms with Crippen molar-refractivity contribution in [3.63, 3.8) is 0 Å². The molecule has 106 valence electrons. The van der Waals surface area contributed by atoms with Crippen molar-refractivity contribution in [3.05, 3.63) is 35.4 Å². The summed E-state index contributed by atoms with van der Waals surface area (Å²) in [6, 6.07) is 8.67. The minimum absolute atomic E-state index is 0.184. The fraction of sp³-hybridized carbons (Fsp3) is 0.562. The third-order valence-corrected chi connectivity index (χ3v) is 3.40. The van der Waals surface area contributed by atoms with Crippen molar-refractivity contribution in [3.8, 4) is 0 Å². The fourth-order valence-electron chi connectivity index (χ4n) is 1.93. The average molecular weight is 262 g/mol. The summed E-state index contributed by atoms with van der Waals surface area (Å²) in [6.07, 6.45) is 2.23. The Bertz CT molecular complexity index is 384. The average Bonchev–Trinajstić information content (AvgIpc) is 2.42. The van der Waals surface area contributed by atoms with Gasteiger partial charge in [-0.05, 0) is 36.4 Å². The molecule has 0 saturated heterocycles. The Morgan fingerprint density at radius 1 is 1.26 bits per heavy atom. The second-order valence-corrected chi connectivity index (χ2v) is 5.35. The zero-order valence-electron chi connectivity index (χ0n) is 12.4. The van der Waals surface area contributed by atoms with E-state index in [2.05, 4.69) is 38.1 Å². The molecule has 0 spiro atoms. The molecule has 0 radical (unpaired) electrons. The molecule has 1 amide bonds. The number of benzene rings is 1. The molecule has 1 aromatic rings. The van der Waals surface area contributed by atoms with Crippen LogP contribution in [0, 0.1) is 0 Å². The summed E-state index contributed by atoms with van der Waals surface area (Å²) in [5, 5.41) is 0. The summed E-state index contributed by atoms with van der Waals surface area (Å²) in [5.41, 5.74) is 8.05. The predicted molar refractivity (Wildman–Crippen MR) is 80.2 cm³/mol. The van der Waals surface area contributed by atoms with Crippen molar-refractivity contribution < 1.29 is 4.79 Å². The lowest BCUT2D eigenvalue weighted by Crippen LogP contribution is -2.29. The molecule has 0 saturated carbocycles. The van der Waals surface area contributed by atoms with Gasteiger partial charge in [-0.25, -0.2) is 0 Å². The summed E-state index contributed by atoms with van der Waals surface area (Å²) in [4.78, 5) is 13.5. The van der Waals surface area contributed by atoms with E-state index in [0.717, 1.165) is 19.4 Å². The Labute approximate surface area is 116 Å². The first-order chi connectivity index (χ1) is 9.04. The molecular formula is C16H26N2O. The Morgan fingerprint density at radius 2 is 1.89 bits per heavy atom. The molecule has 1 rings (SSSR count). The Morgan fingerprint density at radius 3 is 2.42 bits per heavy atom. The van der Waals surface area contributed by atoms with Gasteiger partial charge >= 0.3 is 0 Å². The highest BCUT2D eigenvalue weighted by Gasteiger charge is 2.07. The number of nitrogens with zero attached hydrogens (tertiary/aromatic N) is 1. The second kappa shape index (κ2) is 7.95. The van der Waals surface area contributed by atoms with Gasteiger partial charge in [0.2, 0.25) is 5.91 Å². The summed E-state index contributed by atoms with van der Waals surface area (Å²) in [7, 11) is 1.86. The molecule has 3 heteroatoms. The lowest BCUT2D eigenvalue weighted by Gasteiger charge is -2.17. The van der Waals surface area contributed by atoms with Crippen molar-refractivity contribution in [1.29, 1.82) is 0 Å². The van der Waals surface area contributed by atoms with E-state index in [0.29, 0.717) is 18.9 Å². The van der Waals surface area contributed by atoms with Crippen LogP contribution in [0.3, 0.4) is 0 Å². The molecule has 0 fully saturated rings. The molecule has 0 aliphatic heterocycles. The minimum Gasteiger partial charge on any atom is -0.345 e. The number of nitrogens with two attached hydrogens (primary N) is 1. The third kappa shape index (κ3) is 5.43. The third-order valence-electron chi connectivity index (χ3n) is 3.40. The Hall–Kier alpha value is -1.35. The van der Waals surface area contributed by atoms with Crippen molar-refractivity contribution in [2.45, 2.75) is 39.0 Å². The van der Waals surface area contributed by atoms with E-state index in [4.69, 9.17) is 5.73 Å². The molecule has 0 aliphatic carbocycles. The molecule has 0 unspecified atom stereocenters. The van der Waals surface area contributed by atoms with E-state index in [1.807, 2.05) is 7.05 Å². The highest BCUT2D eigenvalue weighted by atomic mass is 16.2. The van der Waals surface area contributed by atoms with Crippen LogP contribution >= 0.6 is 0 Å². The van der Waals surface area contributed by atoms with Gasteiger partial charge in [-0.15, -0.1) is 0 Å². The van der Waals surface area contributed by atoms with Crippen LogP contribution in [0.25, 0.3) is 0 Å². The molecule has 2 N–H and O–H groups in total. The number of carbonyl (C=O) groups is 1. The maximum absolute atomic E-state index is 11.7. The van der Waals surface area contributed by atoms with Gasteiger partial charge in [0.25, 0.3) is 0 Å². The highest BCUT2D eigenvalue weighted by molar-refractivity contribution is 5.75. The number of likely N-dealkylation sites (N-methyl/N-ethyl adjacent to an activating group) is 1. The van der Waals surface area contributed by atoms with Crippen LogP contribution in [0.2, 0.25) is 0 Å². The van der Waals surface area contributed by atoms with Gasteiger partial charge in [0, 0.05) is 20.0 Å². The van der Waals surface area contributed by atoms with Crippen molar-refractivity contribution in [1.82, 2.24) is 4.90 Å². The molecule has 3 nitrogen and oxygen atoms in total. The zero-order valence-corrected chi connectivity index (χ0v) is 12.4. The molecule has 19 heavy (non-hydrogen) atoms. The fourth-order valence-corrected chi connectivity index (χ4v) is 1.93. The first-order valence-corrected chi connectivity index (χ1v) is 7.07. The van der Waals surface area contributed by atoms with E-state index in [1.54, 1.807) is 4.90 Å². The molecule has 0 heterocycles. The van der Waals surface area contributed by atoms with E-state index in [9.17, 15) is 4.79 Å². The predicted octanol–water partition coefficient (Wildman–Crippen LogP) is 2.55. The van der Waals surface area contributed by atoms with Gasteiger partial charge in [-0.2, -0.15) is 0 Å². The van der Waals surface area contributed by atoms with Crippen LogP contribution in [-0.2, 0) is 11.2 Å². The van der Waals surface area contributed by atoms with Crippen LogP contribution in [-0.4, -0.2) is 30.9 Å². The summed E-state index contributed by atoms with van der Waals surface area (Å²) in [5.74, 6) is 0.749. The van der Waals surface area contributed by atoms with E-state index < -0.39 is 0 Å². The van der Waals surface area contributed by atoms with Gasteiger partial charge in [0.05, 0.1) is 0 Å². The summed E-state index contributed by atoms with van der Waals surface area (Å²) >= 11 is 0. The largest absolute Gasteiger partial charge is 0.345 e. The lowest BCUT2D eigenvalue weighted by atomic mass is 10.0. The van der Waals surface area contributed by atoms with E-state index in [-0.39, 0.29) is 5.91 Å². The van der Waals surface area contributed by atoms with Crippen molar-refractivity contribution in [2.75, 3.05) is 20.1 Å². The van der Waals surface area contributed by atoms with Crippen LogP contribution in [0.15, 0.2) is 24.3 Å². The maximum atomic E-state index is 11.7. The Kier molecular flexibility index (Phi) is 6.57. The monoisotopic (exact) mass is 262 g/mol. The molecule has 0 bridgehead atoms. The lowest BCUT2D eigenvalue weighted by molar-refractivity contribution is -0.129. The van der Waals surface area contributed by atoms with Crippen LogP contribution in [0.1, 0.15) is 43.7 Å². The normalized spacial score (nSPS) is 10.8. The summed E-state index contributed by atoms with van der Waals surface area (Å²) in [6.45, 7) is 5.73. The SMILES string of the molecule is CC(C)c1ccc(CCN(C)C(=O)CCCN)cc1. The van der Waals surface area contributed by atoms with Crippen LogP contribution in [0.4, 0.5) is 0 Å². The molecule has 0 aliphatic rings. The molecule has 0 atom stereocenters.